The second-order valence-corrected chi connectivity index (χ2v) is 2.30. The zero-order chi connectivity index (χ0) is 9.84. The Morgan fingerprint density at radius 1 is 1.69 bits per heavy atom. The summed E-state index contributed by atoms with van der Waals surface area (Å²) < 4.78 is 4.84. The Balaban J connectivity index is 3.23. The van der Waals surface area contributed by atoms with Crippen LogP contribution in [-0.4, -0.2) is 23.2 Å². The van der Waals surface area contributed by atoms with E-state index in [0.29, 0.717) is 11.6 Å². The minimum absolute atomic E-state index is 0.121. The first-order valence-electron chi connectivity index (χ1n) is 3.59. The van der Waals surface area contributed by atoms with Crippen LogP contribution in [-0.2, 0) is 0 Å². The lowest BCUT2D eigenvalue weighted by Crippen LogP contribution is -2.02. The fourth-order valence-electron chi connectivity index (χ4n) is 0.906. The fraction of sp³-hybridized carbons (Fsp3) is 0.111. The molecular formula is C9H9NO3. The number of pyridine rings is 1. The number of hydrogen-bond donors (Lipinski definition) is 1. The highest BCUT2D eigenvalue weighted by molar-refractivity contribution is 5.91. The van der Waals surface area contributed by atoms with Crippen molar-refractivity contribution in [2.75, 3.05) is 7.11 Å². The largest absolute Gasteiger partial charge is 0.481 e. The molecule has 1 heterocycles. The Labute approximate surface area is 75.5 Å². The number of carboxylic acids is 1. The molecular weight excluding hydrogens is 170 g/mol. The van der Waals surface area contributed by atoms with Gasteiger partial charge in [0, 0.05) is 6.07 Å². The topological polar surface area (TPSA) is 59.4 Å². The van der Waals surface area contributed by atoms with Gasteiger partial charge in [0.25, 0.3) is 0 Å². The van der Waals surface area contributed by atoms with Crippen molar-refractivity contribution in [3.05, 3.63) is 30.0 Å². The highest BCUT2D eigenvalue weighted by Gasteiger charge is 2.09. The summed E-state index contributed by atoms with van der Waals surface area (Å²) >= 11 is 0. The molecule has 0 aliphatic heterocycles. The molecule has 1 aromatic rings. The van der Waals surface area contributed by atoms with Crippen molar-refractivity contribution in [1.82, 2.24) is 4.98 Å². The molecule has 0 atom stereocenters. The number of hydrogen-bond acceptors (Lipinski definition) is 3. The summed E-state index contributed by atoms with van der Waals surface area (Å²) in [6.45, 7) is 3.47. The third-order valence-corrected chi connectivity index (χ3v) is 1.53. The number of rotatable bonds is 3. The van der Waals surface area contributed by atoms with E-state index in [2.05, 4.69) is 11.6 Å². The van der Waals surface area contributed by atoms with Crippen LogP contribution in [0.1, 0.15) is 16.1 Å². The maximum absolute atomic E-state index is 10.7. The van der Waals surface area contributed by atoms with Crippen LogP contribution in [0.3, 0.4) is 0 Å². The number of ether oxygens (including phenoxy) is 1. The van der Waals surface area contributed by atoms with E-state index in [9.17, 15) is 4.79 Å². The van der Waals surface area contributed by atoms with E-state index in [4.69, 9.17) is 9.84 Å². The molecule has 0 saturated carbocycles. The predicted molar refractivity (Wildman–Crippen MR) is 47.8 cm³/mol. The highest BCUT2D eigenvalue weighted by atomic mass is 16.5. The van der Waals surface area contributed by atoms with Crippen LogP contribution in [0, 0.1) is 0 Å². The summed E-state index contributed by atoms with van der Waals surface area (Å²) in [4.78, 5) is 14.6. The molecule has 4 heteroatoms. The summed E-state index contributed by atoms with van der Waals surface area (Å²) in [5.74, 6) is -0.648. The van der Waals surface area contributed by atoms with E-state index >= 15 is 0 Å². The zero-order valence-corrected chi connectivity index (χ0v) is 7.15. The fourth-order valence-corrected chi connectivity index (χ4v) is 0.906. The van der Waals surface area contributed by atoms with Crippen molar-refractivity contribution >= 4 is 12.0 Å². The van der Waals surface area contributed by atoms with Gasteiger partial charge in [-0.3, -0.25) is 0 Å². The van der Waals surface area contributed by atoms with Gasteiger partial charge < -0.3 is 9.84 Å². The van der Waals surface area contributed by atoms with Crippen molar-refractivity contribution in [1.29, 1.82) is 0 Å². The van der Waals surface area contributed by atoms with E-state index < -0.39 is 5.97 Å². The van der Waals surface area contributed by atoms with Crippen molar-refractivity contribution in [2.45, 2.75) is 0 Å². The van der Waals surface area contributed by atoms with Gasteiger partial charge in [-0.25, -0.2) is 9.78 Å². The first kappa shape index (κ1) is 9.25. The third-order valence-electron chi connectivity index (χ3n) is 1.53. The third kappa shape index (κ3) is 1.84. The first-order valence-corrected chi connectivity index (χ1v) is 3.59. The molecule has 0 saturated heterocycles. The number of nitrogens with zero attached hydrogens (tertiary/aromatic N) is 1. The van der Waals surface area contributed by atoms with Crippen LogP contribution < -0.4 is 4.74 Å². The smallest absolute Gasteiger partial charge is 0.337 e. The highest BCUT2D eigenvalue weighted by Crippen LogP contribution is 2.13. The molecule has 0 radical (unpaired) electrons. The molecule has 0 unspecified atom stereocenters. The number of aromatic carboxylic acids is 1. The molecule has 1 rings (SSSR count). The van der Waals surface area contributed by atoms with Crippen LogP contribution in [0.2, 0.25) is 0 Å². The molecule has 13 heavy (non-hydrogen) atoms. The molecule has 4 nitrogen and oxygen atoms in total. The minimum Gasteiger partial charge on any atom is -0.481 e. The summed E-state index contributed by atoms with van der Waals surface area (Å²) in [5, 5.41) is 8.73. The number of methoxy groups -OCH3 is 1. The molecule has 0 spiro atoms. The van der Waals surface area contributed by atoms with Gasteiger partial charge in [-0.05, 0) is 12.1 Å². The van der Waals surface area contributed by atoms with E-state index in [-0.39, 0.29) is 5.56 Å². The Morgan fingerprint density at radius 2 is 2.38 bits per heavy atom. The quantitative estimate of drug-likeness (QED) is 0.762. The van der Waals surface area contributed by atoms with Crippen LogP contribution in [0.4, 0.5) is 0 Å². The normalized spacial score (nSPS) is 9.31. The second kappa shape index (κ2) is 3.71. The molecule has 0 aliphatic rings. The Kier molecular flexibility index (Phi) is 2.64. The van der Waals surface area contributed by atoms with Crippen LogP contribution in [0.25, 0.3) is 6.08 Å². The van der Waals surface area contributed by atoms with Gasteiger partial charge in [0.1, 0.15) is 0 Å². The van der Waals surface area contributed by atoms with Crippen LogP contribution in [0.5, 0.6) is 5.88 Å². The SMILES string of the molecule is C=Cc1nc(OC)ccc1C(=O)O. The predicted octanol–water partition coefficient (Wildman–Crippen LogP) is 1.43. The maximum atomic E-state index is 10.7. The lowest BCUT2D eigenvalue weighted by atomic mass is 10.2. The average molecular weight is 179 g/mol. The minimum atomic E-state index is -1.02. The average Bonchev–Trinajstić information content (AvgIpc) is 2.16. The Morgan fingerprint density at radius 3 is 2.85 bits per heavy atom. The Bertz CT molecular complexity index is 347. The maximum Gasteiger partial charge on any atom is 0.337 e. The van der Waals surface area contributed by atoms with E-state index in [1.807, 2.05) is 0 Å². The molecule has 68 valence electrons. The molecule has 0 fully saturated rings. The molecule has 0 aromatic carbocycles. The van der Waals surface area contributed by atoms with E-state index in [1.54, 1.807) is 0 Å². The van der Waals surface area contributed by atoms with Crippen molar-refractivity contribution in [3.63, 3.8) is 0 Å². The first-order chi connectivity index (χ1) is 6.19. The summed E-state index contributed by atoms with van der Waals surface area (Å²) in [7, 11) is 1.47. The van der Waals surface area contributed by atoms with Crippen molar-refractivity contribution in [2.24, 2.45) is 0 Å². The second-order valence-electron chi connectivity index (χ2n) is 2.30. The van der Waals surface area contributed by atoms with Gasteiger partial charge in [0.05, 0.1) is 18.4 Å². The molecule has 1 N–H and O–H groups in total. The zero-order valence-electron chi connectivity index (χ0n) is 7.15. The summed E-state index contributed by atoms with van der Waals surface area (Å²) in [5.41, 5.74) is 0.433. The van der Waals surface area contributed by atoms with Crippen LogP contribution in [0.15, 0.2) is 18.7 Å². The van der Waals surface area contributed by atoms with Crippen molar-refractivity contribution < 1.29 is 14.6 Å². The lowest BCUT2D eigenvalue weighted by molar-refractivity contribution is 0.0696. The van der Waals surface area contributed by atoms with Gasteiger partial charge >= 0.3 is 5.97 Å². The van der Waals surface area contributed by atoms with E-state index in [1.165, 1.54) is 25.3 Å². The van der Waals surface area contributed by atoms with Gasteiger partial charge in [-0.1, -0.05) is 6.58 Å². The number of carboxylic acid groups (broad SMARTS) is 1. The standard InChI is InChI=1S/C9H9NO3/c1-3-7-6(9(11)12)4-5-8(10-7)13-2/h3-5H,1H2,2H3,(H,11,12). The number of carbonyl (C=O) groups is 1. The van der Waals surface area contributed by atoms with Gasteiger partial charge in [-0.2, -0.15) is 0 Å². The monoisotopic (exact) mass is 179 g/mol. The van der Waals surface area contributed by atoms with Gasteiger partial charge in [-0.15, -0.1) is 0 Å². The Hall–Kier alpha value is -1.84. The molecule has 0 aliphatic carbocycles. The van der Waals surface area contributed by atoms with Crippen molar-refractivity contribution in [3.8, 4) is 5.88 Å². The molecule has 0 amide bonds. The number of aromatic nitrogens is 1. The molecule has 1 aromatic heterocycles. The molecule has 0 bridgehead atoms. The summed E-state index contributed by atoms with van der Waals surface area (Å²) in [6, 6.07) is 2.93. The lowest BCUT2D eigenvalue weighted by Gasteiger charge is -2.02. The summed E-state index contributed by atoms with van der Waals surface area (Å²) in [6.07, 6.45) is 1.38. The van der Waals surface area contributed by atoms with Gasteiger partial charge in [0.15, 0.2) is 0 Å². The van der Waals surface area contributed by atoms with Crippen LogP contribution >= 0.6 is 0 Å². The van der Waals surface area contributed by atoms with Gasteiger partial charge in [0.2, 0.25) is 5.88 Å². The van der Waals surface area contributed by atoms with E-state index in [0.717, 1.165) is 0 Å².